The fourth-order valence-electron chi connectivity index (χ4n) is 1.79. The first-order valence-electron chi connectivity index (χ1n) is 6.53. The highest BCUT2D eigenvalue weighted by atomic mass is 16.4. The van der Waals surface area contributed by atoms with Crippen LogP contribution in [0.4, 0.5) is 4.79 Å². The minimum absolute atomic E-state index is 0.221. The average molecular weight is 293 g/mol. The maximum atomic E-state index is 11.6. The molecule has 1 aromatic rings. The van der Waals surface area contributed by atoms with Gasteiger partial charge in [-0.1, -0.05) is 18.2 Å². The molecule has 0 aliphatic carbocycles. The van der Waals surface area contributed by atoms with E-state index in [1.54, 1.807) is 25.1 Å². The highest BCUT2D eigenvalue weighted by Crippen LogP contribution is 2.08. The van der Waals surface area contributed by atoms with E-state index in [4.69, 9.17) is 5.11 Å². The first kappa shape index (κ1) is 16.5. The highest BCUT2D eigenvalue weighted by Gasteiger charge is 2.13. The van der Waals surface area contributed by atoms with E-state index in [-0.39, 0.29) is 18.0 Å². The summed E-state index contributed by atoms with van der Waals surface area (Å²) in [7, 11) is 1.49. The van der Waals surface area contributed by atoms with Crippen molar-refractivity contribution in [2.24, 2.45) is 0 Å². The number of likely N-dealkylation sites (N-methyl/N-ethyl adjacent to an activating group) is 1. The number of carbonyl (C=O) groups excluding carboxylic acids is 2. The molecule has 1 aromatic carbocycles. The van der Waals surface area contributed by atoms with Gasteiger partial charge in [0.25, 0.3) is 0 Å². The number of hydrogen-bond acceptors (Lipinski definition) is 3. The van der Waals surface area contributed by atoms with Crippen LogP contribution >= 0.6 is 0 Å². The second-order valence-electron chi connectivity index (χ2n) is 4.45. The monoisotopic (exact) mass is 293 g/mol. The van der Waals surface area contributed by atoms with Crippen LogP contribution in [0.5, 0.6) is 0 Å². The van der Waals surface area contributed by atoms with Gasteiger partial charge in [0.2, 0.25) is 5.91 Å². The fraction of sp³-hybridized carbons (Fsp3) is 0.357. The first-order valence-corrected chi connectivity index (χ1v) is 6.53. The van der Waals surface area contributed by atoms with Gasteiger partial charge in [-0.05, 0) is 25.0 Å². The second kappa shape index (κ2) is 7.88. The lowest BCUT2D eigenvalue weighted by Gasteiger charge is -2.13. The Morgan fingerprint density at radius 2 is 1.90 bits per heavy atom. The van der Waals surface area contributed by atoms with E-state index in [1.165, 1.54) is 13.1 Å². The molecule has 3 amide bonds. The van der Waals surface area contributed by atoms with Gasteiger partial charge in [0.05, 0.1) is 5.56 Å². The van der Waals surface area contributed by atoms with Gasteiger partial charge in [-0.25, -0.2) is 9.59 Å². The molecule has 0 fully saturated rings. The number of hydrogen-bond donors (Lipinski definition) is 4. The predicted octanol–water partition coefficient (Wildman–Crippen LogP) is 0.361. The van der Waals surface area contributed by atoms with Gasteiger partial charge in [-0.15, -0.1) is 0 Å². The molecule has 0 heterocycles. The van der Waals surface area contributed by atoms with Gasteiger partial charge in [-0.3, -0.25) is 4.79 Å². The number of urea groups is 1. The Hall–Kier alpha value is -2.57. The van der Waals surface area contributed by atoms with Crippen LogP contribution in [0.3, 0.4) is 0 Å². The Morgan fingerprint density at radius 3 is 2.52 bits per heavy atom. The number of benzene rings is 1. The normalized spacial score (nSPS) is 11.3. The Labute approximate surface area is 122 Å². The van der Waals surface area contributed by atoms with E-state index in [0.717, 1.165) is 0 Å². The summed E-state index contributed by atoms with van der Waals surface area (Å²) in [4.78, 5) is 33.8. The van der Waals surface area contributed by atoms with Crippen LogP contribution in [0.25, 0.3) is 0 Å². The summed E-state index contributed by atoms with van der Waals surface area (Å²) in [6.07, 6.45) is 0.393. The summed E-state index contributed by atoms with van der Waals surface area (Å²) in [5.41, 5.74) is 0.864. The Kier molecular flexibility index (Phi) is 6.19. The quantitative estimate of drug-likeness (QED) is 0.607. The standard InChI is InChI=1S/C14H19N3O4/c1-9(12(18)15-2)17-14(21)16-8-7-10-5-3-4-6-11(10)13(19)20/h3-6,9H,7-8H2,1-2H3,(H,15,18)(H,19,20)(H2,16,17,21). The van der Waals surface area contributed by atoms with Gasteiger partial charge in [0.1, 0.15) is 6.04 Å². The molecule has 0 aliphatic heterocycles. The lowest BCUT2D eigenvalue weighted by Crippen LogP contribution is -2.48. The lowest BCUT2D eigenvalue weighted by atomic mass is 10.0. The SMILES string of the molecule is CNC(=O)C(C)NC(=O)NCCc1ccccc1C(=O)O. The molecule has 0 aliphatic rings. The van der Waals surface area contributed by atoms with E-state index < -0.39 is 18.0 Å². The number of carbonyl (C=O) groups is 3. The van der Waals surface area contributed by atoms with Crippen LogP contribution in [0.15, 0.2) is 24.3 Å². The minimum atomic E-state index is -0.997. The van der Waals surface area contributed by atoms with E-state index in [1.807, 2.05) is 0 Å². The van der Waals surface area contributed by atoms with Crippen LogP contribution in [-0.2, 0) is 11.2 Å². The van der Waals surface area contributed by atoms with Gasteiger partial charge in [0, 0.05) is 13.6 Å². The maximum absolute atomic E-state index is 11.6. The highest BCUT2D eigenvalue weighted by molar-refractivity contribution is 5.89. The zero-order chi connectivity index (χ0) is 15.8. The van der Waals surface area contributed by atoms with Gasteiger partial charge in [-0.2, -0.15) is 0 Å². The molecule has 0 aromatic heterocycles. The summed E-state index contributed by atoms with van der Waals surface area (Å²) < 4.78 is 0. The van der Waals surface area contributed by atoms with Crippen LogP contribution in [0.2, 0.25) is 0 Å². The molecule has 4 N–H and O–H groups in total. The molecule has 0 spiro atoms. The largest absolute Gasteiger partial charge is 0.478 e. The van der Waals surface area contributed by atoms with Crippen molar-refractivity contribution in [2.75, 3.05) is 13.6 Å². The molecule has 0 bridgehead atoms. The molecule has 114 valence electrons. The molecule has 0 radical (unpaired) electrons. The van der Waals surface area contributed by atoms with Crippen molar-refractivity contribution < 1.29 is 19.5 Å². The number of carboxylic acids is 1. The van der Waals surface area contributed by atoms with Gasteiger partial charge in [0.15, 0.2) is 0 Å². The van der Waals surface area contributed by atoms with E-state index in [0.29, 0.717) is 12.0 Å². The summed E-state index contributed by atoms with van der Waals surface area (Å²) in [5, 5.41) is 16.5. The summed E-state index contributed by atoms with van der Waals surface area (Å²) in [6.45, 7) is 1.84. The zero-order valence-corrected chi connectivity index (χ0v) is 12.0. The molecule has 21 heavy (non-hydrogen) atoms. The smallest absolute Gasteiger partial charge is 0.335 e. The van der Waals surface area contributed by atoms with Crippen LogP contribution in [-0.4, -0.2) is 42.6 Å². The third kappa shape index (κ3) is 5.13. The molecular formula is C14H19N3O4. The van der Waals surface area contributed by atoms with Crippen molar-refractivity contribution >= 4 is 17.9 Å². The molecule has 1 atom stereocenters. The first-order chi connectivity index (χ1) is 9.95. The average Bonchev–Trinajstić information content (AvgIpc) is 2.46. The third-order valence-electron chi connectivity index (χ3n) is 2.91. The molecular weight excluding hydrogens is 274 g/mol. The van der Waals surface area contributed by atoms with E-state index in [2.05, 4.69) is 16.0 Å². The lowest BCUT2D eigenvalue weighted by molar-refractivity contribution is -0.122. The summed E-state index contributed by atoms with van der Waals surface area (Å²) >= 11 is 0. The molecule has 7 heteroatoms. The summed E-state index contributed by atoms with van der Waals surface area (Å²) in [5.74, 6) is -1.29. The number of carboxylic acid groups (broad SMARTS) is 1. The Balaban J connectivity index is 2.45. The Bertz CT molecular complexity index is 531. The van der Waals surface area contributed by atoms with Crippen molar-refractivity contribution in [1.82, 2.24) is 16.0 Å². The fourth-order valence-corrected chi connectivity index (χ4v) is 1.79. The number of aromatic carboxylic acids is 1. The summed E-state index contributed by atoms with van der Waals surface area (Å²) in [6, 6.07) is 5.51. The Morgan fingerprint density at radius 1 is 1.24 bits per heavy atom. The minimum Gasteiger partial charge on any atom is -0.478 e. The molecule has 0 saturated heterocycles. The molecule has 0 saturated carbocycles. The topological polar surface area (TPSA) is 108 Å². The van der Waals surface area contributed by atoms with Gasteiger partial charge >= 0.3 is 12.0 Å². The number of rotatable bonds is 6. The van der Waals surface area contributed by atoms with Crippen LogP contribution < -0.4 is 16.0 Å². The van der Waals surface area contributed by atoms with Crippen molar-refractivity contribution in [3.63, 3.8) is 0 Å². The molecule has 1 rings (SSSR count). The van der Waals surface area contributed by atoms with E-state index >= 15 is 0 Å². The van der Waals surface area contributed by atoms with Crippen LogP contribution in [0, 0.1) is 0 Å². The van der Waals surface area contributed by atoms with Crippen molar-refractivity contribution in [3.8, 4) is 0 Å². The predicted molar refractivity (Wildman–Crippen MR) is 77.2 cm³/mol. The van der Waals surface area contributed by atoms with Crippen LogP contribution in [0.1, 0.15) is 22.8 Å². The number of amides is 3. The zero-order valence-electron chi connectivity index (χ0n) is 12.0. The molecule has 1 unspecified atom stereocenters. The van der Waals surface area contributed by atoms with Crippen molar-refractivity contribution in [1.29, 1.82) is 0 Å². The third-order valence-corrected chi connectivity index (χ3v) is 2.91. The molecule has 7 nitrogen and oxygen atoms in total. The second-order valence-corrected chi connectivity index (χ2v) is 4.45. The van der Waals surface area contributed by atoms with E-state index in [9.17, 15) is 14.4 Å². The van der Waals surface area contributed by atoms with Crippen molar-refractivity contribution in [3.05, 3.63) is 35.4 Å². The number of nitrogens with one attached hydrogen (secondary N) is 3. The van der Waals surface area contributed by atoms with Crippen molar-refractivity contribution in [2.45, 2.75) is 19.4 Å². The maximum Gasteiger partial charge on any atom is 0.335 e. The van der Waals surface area contributed by atoms with Gasteiger partial charge < -0.3 is 21.1 Å².